The van der Waals surface area contributed by atoms with Gasteiger partial charge in [0, 0.05) is 6.42 Å². The Kier molecular flexibility index (Phi) is 16.6. The van der Waals surface area contributed by atoms with Gasteiger partial charge in [-0.25, -0.2) is 4.79 Å². The van der Waals surface area contributed by atoms with Crippen molar-refractivity contribution >= 4 is 35.6 Å². The molecule has 0 aromatic rings. The Bertz CT molecular complexity index is 850. The minimum absolute atomic E-state index is 0.0643. The van der Waals surface area contributed by atoms with Gasteiger partial charge in [0.2, 0.25) is 23.6 Å². The lowest BCUT2D eigenvalue weighted by Crippen LogP contribution is -2.58. The van der Waals surface area contributed by atoms with Crippen molar-refractivity contribution in [3.8, 4) is 0 Å². The first-order chi connectivity index (χ1) is 18.1. The molecule has 0 saturated carbocycles. The second-order valence-electron chi connectivity index (χ2n) is 10.4. The van der Waals surface area contributed by atoms with E-state index in [0.29, 0.717) is 19.4 Å². The minimum atomic E-state index is -1.26. The van der Waals surface area contributed by atoms with Crippen molar-refractivity contribution in [1.29, 1.82) is 0 Å². The lowest BCUT2D eigenvalue weighted by Gasteiger charge is -2.26. The highest BCUT2D eigenvalue weighted by atomic mass is 16.4. The molecule has 0 aliphatic carbocycles. The number of amides is 4. The van der Waals surface area contributed by atoms with Gasteiger partial charge in [-0.1, -0.05) is 27.7 Å². The molecule has 39 heavy (non-hydrogen) atoms. The number of carbonyl (C=O) groups is 6. The summed E-state index contributed by atoms with van der Waals surface area (Å²) < 4.78 is 0. The molecule has 0 aliphatic rings. The van der Waals surface area contributed by atoms with Crippen molar-refractivity contribution in [1.82, 2.24) is 21.3 Å². The van der Waals surface area contributed by atoms with Crippen LogP contribution in [0.25, 0.3) is 0 Å². The summed E-state index contributed by atoms with van der Waals surface area (Å²) in [5.41, 5.74) is 11.3. The molecule has 0 aliphatic heterocycles. The van der Waals surface area contributed by atoms with Crippen molar-refractivity contribution in [3.63, 3.8) is 0 Å². The van der Waals surface area contributed by atoms with Gasteiger partial charge in [-0.2, -0.15) is 0 Å². The standard InChI is InChI=1S/C25H46N6O8/c1-13(2)12-18(23(36)28-15(5)21(34)30-17(25(38)39)8-6-7-11-26)31-22(35)16(9-10-19(32)33)29-24(37)20(27)14(3)4/h13-18,20H,6-12,26-27H2,1-5H3,(H,28,36)(H,29,37)(H,30,34)(H,31,35)(H,32,33)(H,38,39)/t15-,16-,17-,18-,20-/m0/s1. The molecule has 5 atom stereocenters. The Labute approximate surface area is 229 Å². The van der Waals surface area contributed by atoms with Crippen LogP contribution in [0.15, 0.2) is 0 Å². The molecule has 0 heterocycles. The number of carboxylic acids is 2. The monoisotopic (exact) mass is 558 g/mol. The first kappa shape index (κ1) is 35.7. The SMILES string of the molecule is CC(C)C[C@H](NC(=O)[C@H](CCC(=O)O)NC(=O)[C@@H](N)C(C)C)C(=O)N[C@@H](C)C(=O)N[C@@H](CCCCN)C(=O)O. The average Bonchev–Trinajstić information content (AvgIpc) is 2.83. The van der Waals surface area contributed by atoms with Crippen LogP contribution in [-0.2, 0) is 28.8 Å². The fraction of sp³-hybridized carbons (Fsp3) is 0.760. The summed E-state index contributed by atoms with van der Waals surface area (Å²) in [5, 5.41) is 28.3. The smallest absolute Gasteiger partial charge is 0.326 e. The molecule has 0 bridgehead atoms. The molecule has 14 heteroatoms. The zero-order valence-electron chi connectivity index (χ0n) is 23.5. The van der Waals surface area contributed by atoms with Crippen molar-refractivity contribution in [2.24, 2.45) is 23.3 Å². The van der Waals surface area contributed by atoms with Crippen LogP contribution in [0.4, 0.5) is 0 Å². The van der Waals surface area contributed by atoms with Gasteiger partial charge in [0.15, 0.2) is 0 Å². The molecule has 0 aromatic carbocycles. The van der Waals surface area contributed by atoms with Crippen molar-refractivity contribution in [2.75, 3.05) is 6.54 Å². The topological polar surface area (TPSA) is 243 Å². The molecular formula is C25H46N6O8. The molecular weight excluding hydrogens is 512 g/mol. The predicted molar refractivity (Wildman–Crippen MR) is 143 cm³/mol. The number of carbonyl (C=O) groups excluding carboxylic acids is 4. The van der Waals surface area contributed by atoms with E-state index in [1.165, 1.54) is 6.92 Å². The van der Waals surface area contributed by atoms with Gasteiger partial charge in [-0.15, -0.1) is 0 Å². The quantitative estimate of drug-likeness (QED) is 0.0903. The number of nitrogens with one attached hydrogen (secondary N) is 4. The number of rotatable bonds is 19. The third kappa shape index (κ3) is 14.5. The van der Waals surface area contributed by atoms with Gasteiger partial charge < -0.3 is 42.9 Å². The average molecular weight is 559 g/mol. The molecule has 14 nitrogen and oxygen atoms in total. The Morgan fingerprint density at radius 3 is 1.72 bits per heavy atom. The van der Waals surface area contributed by atoms with E-state index >= 15 is 0 Å². The van der Waals surface area contributed by atoms with Crippen LogP contribution in [0.2, 0.25) is 0 Å². The predicted octanol–water partition coefficient (Wildman–Crippen LogP) is -0.947. The second kappa shape index (κ2) is 18.1. The summed E-state index contributed by atoms with van der Waals surface area (Å²) in [5.74, 6) is -5.50. The Morgan fingerprint density at radius 1 is 0.692 bits per heavy atom. The van der Waals surface area contributed by atoms with E-state index in [1.54, 1.807) is 13.8 Å². The Morgan fingerprint density at radius 2 is 1.23 bits per heavy atom. The van der Waals surface area contributed by atoms with Gasteiger partial charge in [-0.3, -0.25) is 24.0 Å². The molecule has 4 amide bonds. The lowest BCUT2D eigenvalue weighted by atomic mass is 10.0. The summed E-state index contributed by atoms with van der Waals surface area (Å²) in [6.07, 6.45) is 0.804. The zero-order chi connectivity index (χ0) is 30.3. The number of unbranched alkanes of at least 4 members (excludes halogenated alkanes) is 1. The van der Waals surface area contributed by atoms with E-state index < -0.39 is 72.2 Å². The maximum absolute atomic E-state index is 13.1. The fourth-order valence-corrected chi connectivity index (χ4v) is 3.51. The first-order valence-electron chi connectivity index (χ1n) is 13.2. The molecule has 0 saturated heterocycles. The highest BCUT2D eigenvalue weighted by Crippen LogP contribution is 2.09. The molecule has 0 aromatic heterocycles. The van der Waals surface area contributed by atoms with Gasteiger partial charge in [0.1, 0.15) is 24.2 Å². The van der Waals surface area contributed by atoms with Gasteiger partial charge in [0.25, 0.3) is 0 Å². The molecule has 224 valence electrons. The van der Waals surface area contributed by atoms with Crippen molar-refractivity contribution in [2.45, 2.75) is 103 Å². The number of hydrogen-bond acceptors (Lipinski definition) is 8. The third-order valence-corrected chi connectivity index (χ3v) is 5.95. The summed E-state index contributed by atoms with van der Waals surface area (Å²) in [7, 11) is 0. The van der Waals surface area contributed by atoms with Crippen LogP contribution in [0.5, 0.6) is 0 Å². The number of aliphatic carboxylic acids is 2. The van der Waals surface area contributed by atoms with E-state index in [4.69, 9.17) is 16.6 Å². The highest BCUT2D eigenvalue weighted by Gasteiger charge is 2.31. The largest absolute Gasteiger partial charge is 0.481 e. The second-order valence-corrected chi connectivity index (χ2v) is 10.4. The van der Waals surface area contributed by atoms with Crippen LogP contribution in [-0.4, -0.2) is 82.5 Å². The van der Waals surface area contributed by atoms with Gasteiger partial charge in [0.05, 0.1) is 6.04 Å². The Balaban J connectivity index is 5.51. The van der Waals surface area contributed by atoms with Crippen LogP contribution >= 0.6 is 0 Å². The van der Waals surface area contributed by atoms with Crippen molar-refractivity contribution in [3.05, 3.63) is 0 Å². The number of nitrogens with two attached hydrogens (primary N) is 2. The van der Waals surface area contributed by atoms with E-state index in [2.05, 4.69) is 21.3 Å². The summed E-state index contributed by atoms with van der Waals surface area (Å²) in [4.78, 5) is 73.7. The van der Waals surface area contributed by atoms with Crippen LogP contribution in [0, 0.1) is 11.8 Å². The molecule has 0 spiro atoms. The van der Waals surface area contributed by atoms with Gasteiger partial charge >= 0.3 is 11.9 Å². The molecule has 0 radical (unpaired) electrons. The van der Waals surface area contributed by atoms with E-state index in [9.17, 15) is 33.9 Å². The zero-order valence-corrected chi connectivity index (χ0v) is 23.5. The highest BCUT2D eigenvalue weighted by molar-refractivity contribution is 5.95. The molecule has 0 rings (SSSR count). The van der Waals surface area contributed by atoms with Gasteiger partial charge in [-0.05, 0) is 57.4 Å². The summed E-state index contributed by atoms with van der Waals surface area (Å²) >= 11 is 0. The normalized spacial score (nSPS) is 15.0. The summed E-state index contributed by atoms with van der Waals surface area (Å²) in [6.45, 7) is 8.83. The maximum atomic E-state index is 13.1. The first-order valence-corrected chi connectivity index (χ1v) is 13.2. The minimum Gasteiger partial charge on any atom is -0.481 e. The van der Waals surface area contributed by atoms with Crippen LogP contribution < -0.4 is 32.7 Å². The molecule has 10 N–H and O–H groups in total. The number of hydrogen-bond donors (Lipinski definition) is 8. The summed E-state index contributed by atoms with van der Waals surface area (Å²) in [6, 6.07) is -5.57. The molecule has 0 unspecified atom stereocenters. The maximum Gasteiger partial charge on any atom is 0.326 e. The van der Waals surface area contributed by atoms with Crippen LogP contribution in [0.1, 0.15) is 73.1 Å². The Hall–Kier alpha value is -3.26. The van der Waals surface area contributed by atoms with E-state index in [0.717, 1.165) is 0 Å². The van der Waals surface area contributed by atoms with Crippen LogP contribution in [0.3, 0.4) is 0 Å². The van der Waals surface area contributed by atoms with Crippen molar-refractivity contribution < 1.29 is 39.0 Å². The lowest BCUT2D eigenvalue weighted by molar-refractivity contribution is -0.142. The van der Waals surface area contributed by atoms with E-state index in [1.807, 2.05) is 13.8 Å². The number of carboxylic acid groups (broad SMARTS) is 2. The van der Waals surface area contributed by atoms with E-state index in [-0.39, 0.29) is 31.1 Å². The molecule has 0 fully saturated rings. The third-order valence-electron chi connectivity index (χ3n) is 5.95. The fourth-order valence-electron chi connectivity index (χ4n) is 3.51.